The van der Waals surface area contributed by atoms with Crippen molar-refractivity contribution in [2.24, 2.45) is 0 Å². The van der Waals surface area contributed by atoms with E-state index in [-0.39, 0.29) is 0 Å². The number of hydrogen-bond acceptors (Lipinski definition) is 4. The minimum atomic E-state index is -3.41. The van der Waals surface area contributed by atoms with E-state index in [2.05, 4.69) is 10.6 Å². The Kier molecular flexibility index (Phi) is 6.50. The lowest BCUT2D eigenvalue weighted by molar-refractivity contribution is 0.477. The van der Waals surface area contributed by atoms with Crippen molar-refractivity contribution in [1.29, 1.82) is 0 Å². The predicted octanol–water partition coefficient (Wildman–Crippen LogP) is 5.07. The van der Waals surface area contributed by atoms with E-state index in [4.69, 9.17) is 17.0 Å². The molecule has 0 aliphatic carbocycles. The molecule has 1 heterocycles. The fourth-order valence-corrected chi connectivity index (χ4v) is 5.06. The minimum Gasteiger partial charge on any atom is -0.457 e. The number of para-hydroxylation sites is 1. The van der Waals surface area contributed by atoms with Gasteiger partial charge in [0.15, 0.2) is 5.11 Å². The smallest absolute Gasteiger partial charge is 0.243 e. The number of anilines is 2. The van der Waals surface area contributed by atoms with E-state index in [0.717, 1.165) is 30.0 Å². The maximum absolute atomic E-state index is 12.6. The zero-order valence-corrected chi connectivity index (χ0v) is 18.5. The molecule has 0 spiro atoms. The summed E-state index contributed by atoms with van der Waals surface area (Å²) in [4.78, 5) is 0.299. The van der Waals surface area contributed by atoms with Crippen molar-refractivity contribution in [1.82, 2.24) is 4.31 Å². The summed E-state index contributed by atoms with van der Waals surface area (Å²) < 4.78 is 32.5. The van der Waals surface area contributed by atoms with E-state index in [1.165, 1.54) is 4.31 Å². The monoisotopic (exact) mass is 453 g/mol. The number of thiocarbonyl (C=S) groups is 1. The van der Waals surface area contributed by atoms with E-state index in [1.54, 1.807) is 24.3 Å². The molecule has 0 amide bonds. The lowest BCUT2D eigenvalue weighted by Gasteiger charge is -2.16. The Labute approximate surface area is 187 Å². The molecule has 1 aliphatic rings. The summed E-state index contributed by atoms with van der Waals surface area (Å²) in [5, 5.41) is 6.59. The van der Waals surface area contributed by atoms with Crippen LogP contribution in [0.15, 0.2) is 83.8 Å². The molecule has 0 atom stereocenters. The Morgan fingerprint density at radius 1 is 0.774 bits per heavy atom. The molecular weight excluding hydrogens is 430 g/mol. The number of rotatable bonds is 6. The standard InChI is InChI=1S/C23H23N3O3S2/c27-31(28,26-16-4-5-17-26)22-14-10-19(11-15-22)25-23(30)24-18-8-12-21(13-9-18)29-20-6-2-1-3-7-20/h1-3,6-15H,4-5,16-17H2,(H2,24,25,30). The van der Waals surface area contributed by atoms with Crippen LogP contribution in [0.1, 0.15) is 12.8 Å². The summed E-state index contributed by atoms with van der Waals surface area (Å²) in [6.45, 7) is 1.18. The van der Waals surface area contributed by atoms with E-state index in [9.17, 15) is 8.42 Å². The number of nitrogens with zero attached hydrogens (tertiary/aromatic N) is 1. The molecule has 0 aromatic heterocycles. The van der Waals surface area contributed by atoms with Crippen LogP contribution in [0.2, 0.25) is 0 Å². The van der Waals surface area contributed by atoms with Gasteiger partial charge in [-0.15, -0.1) is 0 Å². The quantitative estimate of drug-likeness (QED) is 0.508. The van der Waals surface area contributed by atoms with Gasteiger partial charge < -0.3 is 15.4 Å². The van der Waals surface area contributed by atoms with Gasteiger partial charge in [-0.1, -0.05) is 18.2 Å². The van der Waals surface area contributed by atoms with Gasteiger partial charge in [-0.3, -0.25) is 0 Å². The second-order valence-electron chi connectivity index (χ2n) is 7.15. The van der Waals surface area contributed by atoms with Gasteiger partial charge in [-0.05, 0) is 85.7 Å². The molecule has 3 aromatic rings. The third-order valence-corrected chi connectivity index (χ3v) is 7.02. The first-order valence-corrected chi connectivity index (χ1v) is 11.9. The molecule has 4 rings (SSSR count). The van der Waals surface area contributed by atoms with Crippen LogP contribution in [0.4, 0.5) is 11.4 Å². The van der Waals surface area contributed by atoms with Crippen LogP contribution >= 0.6 is 12.2 Å². The highest BCUT2D eigenvalue weighted by atomic mass is 32.2. The van der Waals surface area contributed by atoms with Crippen LogP contribution in [0.25, 0.3) is 0 Å². The van der Waals surface area contributed by atoms with Crippen LogP contribution in [0, 0.1) is 0 Å². The van der Waals surface area contributed by atoms with Crippen molar-refractivity contribution in [3.63, 3.8) is 0 Å². The fourth-order valence-electron chi connectivity index (χ4n) is 3.31. The average Bonchev–Trinajstić information content (AvgIpc) is 3.32. The number of benzene rings is 3. The zero-order chi connectivity index (χ0) is 21.7. The Hall–Kier alpha value is -2.94. The molecule has 6 nitrogen and oxygen atoms in total. The normalized spacial score (nSPS) is 14.2. The van der Waals surface area contributed by atoms with E-state index in [0.29, 0.717) is 28.8 Å². The van der Waals surface area contributed by atoms with Crippen LogP contribution in [0.5, 0.6) is 11.5 Å². The molecular formula is C23H23N3O3S2. The third kappa shape index (κ3) is 5.41. The molecule has 160 valence electrons. The highest BCUT2D eigenvalue weighted by molar-refractivity contribution is 7.89. The number of nitrogens with one attached hydrogen (secondary N) is 2. The number of ether oxygens (including phenoxy) is 1. The van der Waals surface area contributed by atoms with Gasteiger partial charge in [0, 0.05) is 24.5 Å². The first-order valence-electron chi connectivity index (χ1n) is 10.0. The van der Waals surface area contributed by atoms with Crippen LogP contribution in [-0.4, -0.2) is 30.9 Å². The average molecular weight is 454 g/mol. The highest BCUT2D eigenvalue weighted by Gasteiger charge is 2.26. The number of sulfonamides is 1. The number of hydrogen-bond donors (Lipinski definition) is 2. The topological polar surface area (TPSA) is 70.7 Å². The summed E-state index contributed by atoms with van der Waals surface area (Å²) in [5.74, 6) is 1.50. The van der Waals surface area contributed by atoms with Crippen molar-refractivity contribution in [3.05, 3.63) is 78.9 Å². The molecule has 1 fully saturated rings. The van der Waals surface area contributed by atoms with E-state index < -0.39 is 10.0 Å². The Balaban J connectivity index is 1.33. The maximum Gasteiger partial charge on any atom is 0.243 e. The summed E-state index contributed by atoms with van der Waals surface area (Å²) in [7, 11) is -3.41. The van der Waals surface area contributed by atoms with Crippen LogP contribution < -0.4 is 15.4 Å². The van der Waals surface area contributed by atoms with Gasteiger partial charge in [0.05, 0.1) is 4.90 Å². The Morgan fingerprint density at radius 2 is 1.29 bits per heavy atom. The summed E-state index contributed by atoms with van der Waals surface area (Å²) >= 11 is 5.37. The lowest BCUT2D eigenvalue weighted by Crippen LogP contribution is -2.27. The van der Waals surface area contributed by atoms with Crippen LogP contribution in [-0.2, 0) is 10.0 Å². The molecule has 3 aromatic carbocycles. The molecule has 0 saturated carbocycles. The van der Waals surface area contributed by atoms with Crippen molar-refractivity contribution in [2.45, 2.75) is 17.7 Å². The third-order valence-electron chi connectivity index (χ3n) is 4.91. The largest absolute Gasteiger partial charge is 0.457 e. The molecule has 0 bridgehead atoms. The molecule has 2 N–H and O–H groups in total. The van der Waals surface area contributed by atoms with Gasteiger partial charge >= 0.3 is 0 Å². The predicted molar refractivity (Wildman–Crippen MR) is 127 cm³/mol. The molecule has 8 heteroatoms. The Morgan fingerprint density at radius 3 is 1.87 bits per heavy atom. The first kappa shape index (κ1) is 21.3. The van der Waals surface area contributed by atoms with Crippen molar-refractivity contribution in [2.75, 3.05) is 23.7 Å². The second kappa shape index (κ2) is 9.47. The summed E-state index contributed by atoms with van der Waals surface area (Å²) in [5.41, 5.74) is 1.52. The SMILES string of the molecule is O=S(=O)(c1ccc(NC(=S)Nc2ccc(Oc3ccccc3)cc2)cc1)N1CCCC1. The second-order valence-corrected chi connectivity index (χ2v) is 9.50. The molecule has 1 aliphatic heterocycles. The van der Waals surface area contributed by atoms with E-state index >= 15 is 0 Å². The first-order chi connectivity index (χ1) is 15.0. The van der Waals surface area contributed by atoms with Crippen molar-refractivity contribution in [3.8, 4) is 11.5 Å². The minimum absolute atomic E-state index is 0.299. The highest BCUT2D eigenvalue weighted by Crippen LogP contribution is 2.24. The molecule has 0 radical (unpaired) electrons. The fraction of sp³-hybridized carbons (Fsp3) is 0.174. The van der Waals surface area contributed by atoms with E-state index in [1.807, 2.05) is 54.6 Å². The molecule has 1 saturated heterocycles. The van der Waals surface area contributed by atoms with Crippen LogP contribution in [0.3, 0.4) is 0 Å². The van der Waals surface area contributed by atoms with Gasteiger partial charge in [-0.25, -0.2) is 8.42 Å². The van der Waals surface area contributed by atoms with Gasteiger partial charge in [0.25, 0.3) is 0 Å². The van der Waals surface area contributed by atoms with Gasteiger partial charge in [0.1, 0.15) is 11.5 Å². The summed E-state index contributed by atoms with van der Waals surface area (Å²) in [6, 6.07) is 23.7. The molecule has 0 unspecified atom stereocenters. The van der Waals surface area contributed by atoms with Crippen molar-refractivity contribution >= 4 is 38.7 Å². The molecule has 31 heavy (non-hydrogen) atoms. The maximum atomic E-state index is 12.6. The lowest BCUT2D eigenvalue weighted by atomic mass is 10.3. The van der Waals surface area contributed by atoms with Gasteiger partial charge in [0.2, 0.25) is 10.0 Å². The van der Waals surface area contributed by atoms with Crippen molar-refractivity contribution < 1.29 is 13.2 Å². The Bertz CT molecular complexity index is 1130. The van der Waals surface area contributed by atoms with Gasteiger partial charge in [-0.2, -0.15) is 4.31 Å². The zero-order valence-electron chi connectivity index (χ0n) is 16.8. The summed E-state index contributed by atoms with van der Waals surface area (Å²) in [6.07, 6.45) is 1.83.